The highest BCUT2D eigenvalue weighted by Gasteiger charge is 2.08. The Bertz CT molecular complexity index is 635. The van der Waals surface area contributed by atoms with Gasteiger partial charge in [-0.25, -0.2) is 0 Å². The fourth-order valence-corrected chi connectivity index (χ4v) is 2.18. The standard InChI is InChI=1S/C16H15ClN2O/c1-20-10-9-12-5-2-3-7-15(12)19-16-8-4-6-14(17)13(16)11-18/h2-8,19H,9-10H2,1H3. The van der Waals surface area contributed by atoms with Crippen molar-refractivity contribution in [3.05, 3.63) is 58.6 Å². The third kappa shape index (κ3) is 3.30. The van der Waals surface area contributed by atoms with Crippen LogP contribution in [-0.4, -0.2) is 13.7 Å². The van der Waals surface area contributed by atoms with Crippen molar-refractivity contribution in [3.63, 3.8) is 0 Å². The zero-order valence-electron chi connectivity index (χ0n) is 11.2. The lowest BCUT2D eigenvalue weighted by molar-refractivity contribution is 0.202. The fourth-order valence-electron chi connectivity index (χ4n) is 1.96. The molecule has 0 spiro atoms. The van der Waals surface area contributed by atoms with Crippen molar-refractivity contribution < 1.29 is 4.74 Å². The van der Waals surface area contributed by atoms with E-state index in [1.807, 2.05) is 36.4 Å². The molecule has 20 heavy (non-hydrogen) atoms. The number of halogens is 1. The van der Waals surface area contributed by atoms with Crippen LogP contribution >= 0.6 is 11.6 Å². The SMILES string of the molecule is COCCc1ccccc1Nc1cccc(Cl)c1C#N. The number of ether oxygens (including phenoxy) is 1. The number of rotatable bonds is 5. The molecule has 0 aliphatic rings. The van der Waals surface area contributed by atoms with E-state index < -0.39 is 0 Å². The molecule has 0 saturated heterocycles. The van der Waals surface area contributed by atoms with Gasteiger partial charge in [0, 0.05) is 12.8 Å². The molecule has 1 N–H and O–H groups in total. The Hall–Kier alpha value is -2.02. The molecule has 4 heteroatoms. The molecule has 0 heterocycles. The van der Waals surface area contributed by atoms with Crippen molar-refractivity contribution >= 4 is 23.0 Å². The fraction of sp³-hybridized carbons (Fsp3) is 0.188. The van der Waals surface area contributed by atoms with Crippen LogP contribution in [0.3, 0.4) is 0 Å². The summed E-state index contributed by atoms with van der Waals surface area (Å²) in [5.41, 5.74) is 3.27. The Labute approximate surface area is 123 Å². The number of nitrogens with zero attached hydrogens (tertiary/aromatic N) is 1. The zero-order valence-corrected chi connectivity index (χ0v) is 11.9. The highest BCUT2D eigenvalue weighted by Crippen LogP contribution is 2.28. The van der Waals surface area contributed by atoms with Crippen LogP contribution in [0.2, 0.25) is 5.02 Å². The summed E-state index contributed by atoms with van der Waals surface area (Å²) in [6.07, 6.45) is 0.808. The van der Waals surface area contributed by atoms with Gasteiger partial charge in [0.15, 0.2) is 0 Å². The van der Waals surface area contributed by atoms with Gasteiger partial charge in [-0.2, -0.15) is 5.26 Å². The lowest BCUT2D eigenvalue weighted by atomic mass is 10.1. The molecule has 0 amide bonds. The van der Waals surface area contributed by atoms with Crippen LogP contribution < -0.4 is 5.32 Å². The summed E-state index contributed by atoms with van der Waals surface area (Å²) >= 11 is 6.04. The van der Waals surface area contributed by atoms with E-state index in [2.05, 4.69) is 11.4 Å². The van der Waals surface area contributed by atoms with Gasteiger partial charge < -0.3 is 10.1 Å². The first kappa shape index (κ1) is 14.4. The monoisotopic (exact) mass is 286 g/mol. The van der Waals surface area contributed by atoms with Crippen molar-refractivity contribution in [2.45, 2.75) is 6.42 Å². The number of nitriles is 1. The average Bonchev–Trinajstić information content (AvgIpc) is 2.47. The van der Waals surface area contributed by atoms with Crippen LogP contribution in [0.5, 0.6) is 0 Å². The minimum Gasteiger partial charge on any atom is -0.384 e. The smallest absolute Gasteiger partial charge is 0.103 e. The molecule has 0 aliphatic heterocycles. The number of anilines is 2. The van der Waals surface area contributed by atoms with Crippen molar-refractivity contribution in [2.24, 2.45) is 0 Å². The summed E-state index contributed by atoms with van der Waals surface area (Å²) in [4.78, 5) is 0. The van der Waals surface area contributed by atoms with E-state index in [4.69, 9.17) is 16.3 Å². The lowest BCUT2D eigenvalue weighted by Crippen LogP contribution is -2.01. The van der Waals surface area contributed by atoms with E-state index in [9.17, 15) is 5.26 Å². The Morgan fingerprint density at radius 1 is 1.15 bits per heavy atom. The van der Waals surface area contributed by atoms with Crippen LogP contribution in [0, 0.1) is 11.3 Å². The van der Waals surface area contributed by atoms with Gasteiger partial charge in [-0.05, 0) is 30.2 Å². The van der Waals surface area contributed by atoms with Crippen LogP contribution in [0.15, 0.2) is 42.5 Å². The van der Waals surface area contributed by atoms with Crippen molar-refractivity contribution in [1.82, 2.24) is 0 Å². The topological polar surface area (TPSA) is 45.0 Å². The van der Waals surface area contributed by atoms with Gasteiger partial charge in [0.05, 0.1) is 22.9 Å². The van der Waals surface area contributed by atoms with Crippen molar-refractivity contribution in [1.29, 1.82) is 5.26 Å². The van der Waals surface area contributed by atoms with Crippen molar-refractivity contribution in [3.8, 4) is 6.07 Å². The van der Waals surface area contributed by atoms with Gasteiger partial charge >= 0.3 is 0 Å². The summed E-state index contributed by atoms with van der Waals surface area (Å²) < 4.78 is 5.11. The molecule has 2 rings (SSSR count). The van der Waals surface area contributed by atoms with Gasteiger partial charge in [-0.1, -0.05) is 35.9 Å². The Balaban J connectivity index is 2.31. The maximum Gasteiger partial charge on any atom is 0.103 e. The van der Waals surface area contributed by atoms with Crippen molar-refractivity contribution in [2.75, 3.05) is 19.0 Å². The maximum atomic E-state index is 9.19. The van der Waals surface area contributed by atoms with Gasteiger partial charge in [0.25, 0.3) is 0 Å². The summed E-state index contributed by atoms with van der Waals surface area (Å²) in [6, 6.07) is 15.5. The number of hydrogen-bond acceptors (Lipinski definition) is 3. The number of benzene rings is 2. The van der Waals surface area contributed by atoms with Gasteiger partial charge in [0.2, 0.25) is 0 Å². The molecule has 0 aliphatic carbocycles. The van der Waals surface area contributed by atoms with Crippen LogP contribution in [0.1, 0.15) is 11.1 Å². The van der Waals surface area contributed by atoms with E-state index in [0.717, 1.165) is 17.7 Å². The molecule has 2 aromatic rings. The van der Waals surface area contributed by atoms with E-state index in [1.54, 1.807) is 13.2 Å². The summed E-state index contributed by atoms with van der Waals surface area (Å²) in [5, 5.41) is 12.9. The second-order valence-electron chi connectivity index (χ2n) is 4.30. The number of hydrogen-bond donors (Lipinski definition) is 1. The quantitative estimate of drug-likeness (QED) is 0.898. The molecule has 0 atom stereocenters. The first-order valence-corrected chi connectivity index (χ1v) is 6.66. The maximum absolute atomic E-state index is 9.19. The lowest BCUT2D eigenvalue weighted by Gasteiger charge is -2.13. The molecular formula is C16H15ClN2O. The summed E-state index contributed by atoms with van der Waals surface area (Å²) in [7, 11) is 1.68. The highest BCUT2D eigenvalue weighted by molar-refractivity contribution is 6.32. The number of methoxy groups -OCH3 is 1. The largest absolute Gasteiger partial charge is 0.384 e. The molecule has 0 unspecified atom stereocenters. The van der Waals surface area contributed by atoms with E-state index >= 15 is 0 Å². The first-order chi connectivity index (χ1) is 9.76. The summed E-state index contributed by atoms with van der Waals surface area (Å²) in [6.45, 7) is 0.652. The highest BCUT2D eigenvalue weighted by atomic mass is 35.5. The van der Waals surface area contributed by atoms with Gasteiger partial charge in [0.1, 0.15) is 6.07 Å². The third-order valence-electron chi connectivity index (χ3n) is 2.99. The molecule has 2 aromatic carbocycles. The molecule has 0 saturated carbocycles. The Morgan fingerprint density at radius 2 is 1.90 bits per heavy atom. The third-order valence-corrected chi connectivity index (χ3v) is 3.30. The van der Waals surface area contributed by atoms with Crippen LogP contribution in [0.25, 0.3) is 0 Å². The molecule has 102 valence electrons. The minimum absolute atomic E-state index is 0.451. The van der Waals surface area contributed by atoms with Crippen LogP contribution in [-0.2, 0) is 11.2 Å². The normalized spacial score (nSPS) is 10.1. The molecule has 0 radical (unpaired) electrons. The molecule has 3 nitrogen and oxygen atoms in total. The molecule has 0 bridgehead atoms. The average molecular weight is 287 g/mol. The van der Waals surface area contributed by atoms with Gasteiger partial charge in [-0.15, -0.1) is 0 Å². The Morgan fingerprint density at radius 3 is 2.65 bits per heavy atom. The van der Waals surface area contributed by atoms with Crippen LogP contribution in [0.4, 0.5) is 11.4 Å². The molecule has 0 aromatic heterocycles. The van der Waals surface area contributed by atoms with E-state index in [0.29, 0.717) is 22.9 Å². The number of nitrogens with one attached hydrogen (secondary N) is 1. The minimum atomic E-state index is 0.451. The predicted molar refractivity (Wildman–Crippen MR) is 81.5 cm³/mol. The second-order valence-corrected chi connectivity index (χ2v) is 4.71. The summed E-state index contributed by atoms with van der Waals surface area (Å²) in [5.74, 6) is 0. The first-order valence-electron chi connectivity index (χ1n) is 6.28. The zero-order chi connectivity index (χ0) is 14.4. The molecular weight excluding hydrogens is 272 g/mol. The number of para-hydroxylation sites is 1. The Kier molecular flexibility index (Phi) is 5.00. The van der Waals surface area contributed by atoms with E-state index in [1.165, 1.54) is 0 Å². The molecule has 0 fully saturated rings. The van der Waals surface area contributed by atoms with Gasteiger partial charge in [-0.3, -0.25) is 0 Å². The predicted octanol–water partition coefficient (Wildman–Crippen LogP) is 4.14. The second kappa shape index (κ2) is 6.95. The van der Waals surface area contributed by atoms with E-state index in [-0.39, 0.29) is 0 Å².